The van der Waals surface area contributed by atoms with Crippen molar-refractivity contribution in [3.63, 3.8) is 0 Å². The zero-order valence-electron chi connectivity index (χ0n) is 19.8. The summed E-state index contributed by atoms with van der Waals surface area (Å²) in [4.78, 5) is 15.9. The molecule has 7 nitrogen and oxygen atoms in total. The monoisotopic (exact) mass is 492 g/mol. The van der Waals surface area contributed by atoms with E-state index in [4.69, 9.17) is 5.10 Å². The van der Waals surface area contributed by atoms with E-state index in [1.54, 1.807) is 29.0 Å². The van der Waals surface area contributed by atoms with Crippen molar-refractivity contribution in [1.82, 2.24) is 29.4 Å². The van der Waals surface area contributed by atoms with E-state index in [0.29, 0.717) is 17.7 Å². The minimum atomic E-state index is -1.49. The first-order valence-corrected chi connectivity index (χ1v) is 11.8. The normalized spacial score (nSPS) is 18.9. The van der Waals surface area contributed by atoms with Gasteiger partial charge in [-0.2, -0.15) is 5.10 Å². The van der Waals surface area contributed by atoms with Gasteiger partial charge >= 0.3 is 0 Å². The lowest BCUT2D eigenvalue weighted by atomic mass is 9.81. The lowest BCUT2D eigenvalue weighted by molar-refractivity contribution is 0.0391. The smallest absolute Gasteiger partial charge is 0.255 e. The fourth-order valence-electron chi connectivity index (χ4n) is 5.80. The quantitative estimate of drug-likeness (QED) is 0.390. The minimum Gasteiger partial charge on any atom is -0.327 e. The Morgan fingerprint density at radius 1 is 1.06 bits per heavy atom. The summed E-state index contributed by atoms with van der Waals surface area (Å²) in [6.45, 7) is 1.91. The van der Waals surface area contributed by atoms with Crippen LogP contribution in [-0.4, -0.2) is 41.4 Å². The number of piperidine rings is 1. The van der Waals surface area contributed by atoms with Crippen molar-refractivity contribution in [2.24, 2.45) is 7.05 Å². The zero-order valence-corrected chi connectivity index (χ0v) is 19.8. The van der Waals surface area contributed by atoms with E-state index in [-0.39, 0.29) is 23.6 Å². The first-order chi connectivity index (χ1) is 17.3. The van der Waals surface area contributed by atoms with E-state index in [2.05, 4.69) is 10.2 Å². The molecule has 2 unspecified atom stereocenters. The zero-order chi connectivity index (χ0) is 25.1. The molecule has 0 N–H and O–H groups in total. The SMILES string of the molecule is Cc1c(C(=O)N2C3CCCC2c2nn(C)c(-c4cc(F)c(F)c(F)c4)c2C3)cccc1-n1cnnc1. The standard InChI is InChI=1S/C26H23F3N6O/c1-14-17(6-4-7-21(14)34-12-30-31-13-34)26(36)35-16-5-3-8-22(35)24-18(11-16)25(33(2)32-24)15-9-19(27)23(29)20(28)10-15/h4,6-7,9-10,12-13,16,22H,3,5,8,11H2,1-2H3. The van der Waals surface area contributed by atoms with Gasteiger partial charge in [0.25, 0.3) is 5.91 Å². The largest absolute Gasteiger partial charge is 0.327 e. The fourth-order valence-corrected chi connectivity index (χ4v) is 5.80. The highest BCUT2D eigenvalue weighted by Gasteiger charge is 2.44. The van der Waals surface area contributed by atoms with Crippen molar-refractivity contribution < 1.29 is 18.0 Å². The van der Waals surface area contributed by atoms with Gasteiger partial charge in [-0.15, -0.1) is 10.2 Å². The van der Waals surface area contributed by atoms with Gasteiger partial charge in [-0.05, 0) is 62.4 Å². The first-order valence-electron chi connectivity index (χ1n) is 11.8. The highest BCUT2D eigenvalue weighted by molar-refractivity contribution is 5.97. The molecule has 0 saturated carbocycles. The third-order valence-corrected chi connectivity index (χ3v) is 7.40. The Kier molecular flexibility index (Phi) is 5.20. The van der Waals surface area contributed by atoms with Crippen LogP contribution in [0.2, 0.25) is 0 Å². The van der Waals surface area contributed by atoms with Crippen LogP contribution >= 0.6 is 0 Å². The molecular formula is C26H23F3N6O. The molecule has 4 aromatic rings. The molecule has 0 aliphatic carbocycles. The van der Waals surface area contributed by atoms with Crippen LogP contribution in [0.4, 0.5) is 13.2 Å². The van der Waals surface area contributed by atoms with Crippen molar-refractivity contribution in [3.8, 4) is 16.9 Å². The second kappa shape index (κ2) is 8.32. The molecule has 4 heterocycles. The molecule has 2 bridgehead atoms. The lowest BCUT2D eigenvalue weighted by Gasteiger charge is -2.45. The van der Waals surface area contributed by atoms with Crippen LogP contribution in [0, 0.1) is 24.4 Å². The number of aromatic nitrogens is 5. The van der Waals surface area contributed by atoms with Crippen molar-refractivity contribution >= 4 is 5.91 Å². The second-order valence-electron chi connectivity index (χ2n) is 9.43. The summed E-state index contributed by atoms with van der Waals surface area (Å²) >= 11 is 0. The van der Waals surface area contributed by atoms with Gasteiger partial charge in [-0.3, -0.25) is 14.0 Å². The van der Waals surface area contributed by atoms with E-state index < -0.39 is 17.5 Å². The van der Waals surface area contributed by atoms with Crippen molar-refractivity contribution in [2.45, 2.75) is 44.7 Å². The van der Waals surface area contributed by atoms with E-state index >= 15 is 0 Å². The van der Waals surface area contributed by atoms with Crippen LogP contribution in [0.25, 0.3) is 16.9 Å². The van der Waals surface area contributed by atoms with Crippen LogP contribution in [0.15, 0.2) is 43.0 Å². The third kappa shape index (κ3) is 3.35. The van der Waals surface area contributed by atoms with E-state index in [9.17, 15) is 18.0 Å². The van der Waals surface area contributed by atoms with Gasteiger partial charge in [0.15, 0.2) is 17.5 Å². The molecule has 2 aromatic heterocycles. The lowest BCUT2D eigenvalue weighted by Crippen LogP contribution is -2.50. The van der Waals surface area contributed by atoms with Gasteiger partial charge in [0.2, 0.25) is 0 Å². The van der Waals surface area contributed by atoms with E-state index in [1.807, 2.05) is 30.0 Å². The predicted octanol–water partition coefficient (Wildman–Crippen LogP) is 4.69. The number of carbonyl (C=O) groups excluding carboxylic acids is 1. The predicted molar refractivity (Wildman–Crippen MR) is 125 cm³/mol. The number of carbonyl (C=O) groups is 1. The van der Waals surface area contributed by atoms with Gasteiger partial charge in [0.05, 0.1) is 23.1 Å². The molecule has 1 amide bonds. The highest BCUT2D eigenvalue weighted by atomic mass is 19.2. The summed E-state index contributed by atoms with van der Waals surface area (Å²) in [5, 5.41) is 12.4. The Morgan fingerprint density at radius 2 is 1.78 bits per heavy atom. The average molecular weight is 493 g/mol. The van der Waals surface area contributed by atoms with E-state index in [0.717, 1.165) is 53.9 Å². The van der Waals surface area contributed by atoms with Gasteiger partial charge in [0.1, 0.15) is 12.7 Å². The summed E-state index contributed by atoms with van der Waals surface area (Å²) in [5.74, 6) is -4.05. The number of nitrogens with zero attached hydrogens (tertiary/aromatic N) is 6. The number of benzene rings is 2. The molecule has 184 valence electrons. The van der Waals surface area contributed by atoms with Gasteiger partial charge in [-0.25, -0.2) is 13.2 Å². The number of aryl methyl sites for hydroxylation is 1. The summed E-state index contributed by atoms with van der Waals surface area (Å²) in [7, 11) is 1.70. The Balaban J connectivity index is 1.42. The van der Waals surface area contributed by atoms with Gasteiger partial charge < -0.3 is 4.90 Å². The molecule has 0 radical (unpaired) electrons. The summed E-state index contributed by atoms with van der Waals surface area (Å²) < 4.78 is 45.1. The van der Waals surface area contributed by atoms with Crippen LogP contribution in [0.3, 0.4) is 0 Å². The number of fused-ring (bicyclic) bond motifs is 4. The molecule has 10 heteroatoms. The van der Waals surface area contributed by atoms with E-state index in [1.165, 1.54) is 0 Å². The van der Waals surface area contributed by atoms with Crippen molar-refractivity contribution in [2.75, 3.05) is 0 Å². The van der Waals surface area contributed by atoms with Crippen LogP contribution in [0.1, 0.15) is 52.5 Å². The maximum atomic E-state index is 14.0. The molecule has 2 aliphatic heterocycles. The van der Waals surface area contributed by atoms with Crippen LogP contribution < -0.4 is 0 Å². The first kappa shape index (κ1) is 22.5. The van der Waals surface area contributed by atoms with Crippen LogP contribution in [-0.2, 0) is 13.5 Å². The van der Waals surface area contributed by atoms with Crippen LogP contribution in [0.5, 0.6) is 0 Å². The third-order valence-electron chi connectivity index (χ3n) is 7.40. The molecule has 2 aliphatic rings. The van der Waals surface area contributed by atoms with Crippen molar-refractivity contribution in [3.05, 3.63) is 82.8 Å². The summed E-state index contributed by atoms with van der Waals surface area (Å²) in [5.41, 5.74) is 4.63. The van der Waals surface area contributed by atoms with Gasteiger partial charge in [-0.1, -0.05) is 6.07 Å². The average Bonchev–Trinajstić information content (AvgIpc) is 3.50. The molecule has 6 rings (SSSR count). The molecular weight excluding hydrogens is 469 g/mol. The molecule has 2 aromatic carbocycles. The number of halogens is 3. The summed E-state index contributed by atoms with van der Waals surface area (Å²) in [6, 6.07) is 7.25. The fraction of sp³-hybridized carbons (Fsp3) is 0.308. The Hall–Kier alpha value is -3.95. The van der Waals surface area contributed by atoms with Gasteiger partial charge in [0, 0.05) is 29.8 Å². The Bertz CT molecular complexity index is 1470. The number of amides is 1. The maximum Gasteiger partial charge on any atom is 0.255 e. The number of rotatable bonds is 3. The molecule has 36 heavy (non-hydrogen) atoms. The molecule has 2 atom stereocenters. The van der Waals surface area contributed by atoms with Crippen molar-refractivity contribution in [1.29, 1.82) is 0 Å². The number of hydrogen-bond acceptors (Lipinski definition) is 4. The minimum absolute atomic E-state index is 0.0751. The number of hydrogen-bond donors (Lipinski definition) is 0. The highest BCUT2D eigenvalue weighted by Crippen LogP contribution is 2.45. The Morgan fingerprint density at radius 3 is 2.50 bits per heavy atom. The molecule has 1 saturated heterocycles. The summed E-state index contributed by atoms with van der Waals surface area (Å²) in [6.07, 6.45) is 6.19. The maximum absolute atomic E-state index is 14.0. The second-order valence-corrected chi connectivity index (χ2v) is 9.43. The Labute approximate surface area is 205 Å². The molecule has 0 spiro atoms. The molecule has 1 fully saturated rings. The topological polar surface area (TPSA) is 68.8 Å².